The number of ether oxygens (including phenoxy) is 1. The Bertz CT molecular complexity index is 449. The lowest BCUT2D eigenvalue weighted by molar-refractivity contribution is 0.352. The van der Waals surface area contributed by atoms with Gasteiger partial charge in [0, 0.05) is 52.6 Å². The number of thioether (sulfide) groups is 2. The summed E-state index contributed by atoms with van der Waals surface area (Å²) in [7, 11) is 0. The van der Waals surface area contributed by atoms with E-state index in [1.54, 1.807) is 0 Å². The van der Waals surface area contributed by atoms with Gasteiger partial charge in [0.2, 0.25) is 0 Å². The van der Waals surface area contributed by atoms with Crippen molar-refractivity contribution in [3.05, 3.63) is 28.3 Å². The van der Waals surface area contributed by atoms with Crippen molar-refractivity contribution < 1.29 is 4.74 Å². The predicted octanol–water partition coefficient (Wildman–Crippen LogP) is 3.21. The van der Waals surface area contributed by atoms with Crippen LogP contribution in [0.3, 0.4) is 0 Å². The highest BCUT2D eigenvalue weighted by Crippen LogP contribution is 2.32. The van der Waals surface area contributed by atoms with Crippen LogP contribution >= 0.6 is 35.1 Å². The third-order valence-electron chi connectivity index (χ3n) is 3.40. The molecule has 2 aliphatic rings. The van der Waals surface area contributed by atoms with Gasteiger partial charge in [-0.15, -0.1) is 0 Å². The van der Waals surface area contributed by atoms with Gasteiger partial charge in [0.1, 0.15) is 5.75 Å². The molecule has 0 saturated carbocycles. The van der Waals surface area contributed by atoms with Crippen LogP contribution in [0.25, 0.3) is 0 Å². The molecule has 0 spiro atoms. The van der Waals surface area contributed by atoms with Crippen molar-refractivity contribution in [1.82, 2.24) is 5.32 Å². The van der Waals surface area contributed by atoms with Crippen molar-refractivity contribution >= 4 is 35.1 Å². The Labute approximate surface area is 128 Å². The van der Waals surface area contributed by atoms with E-state index < -0.39 is 0 Å². The van der Waals surface area contributed by atoms with Crippen LogP contribution in [-0.2, 0) is 13.0 Å². The van der Waals surface area contributed by atoms with Crippen molar-refractivity contribution in [2.75, 3.05) is 30.4 Å². The molecule has 5 heteroatoms. The van der Waals surface area contributed by atoms with Crippen molar-refractivity contribution in [1.29, 1.82) is 0 Å². The molecular formula is C14H18ClNOS2. The summed E-state index contributed by atoms with van der Waals surface area (Å²) in [5.41, 5.74) is 2.46. The first-order chi connectivity index (χ1) is 9.33. The molecule has 0 bridgehead atoms. The molecule has 2 nitrogen and oxygen atoms in total. The molecule has 0 amide bonds. The summed E-state index contributed by atoms with van der Waals surface area (Å²) >= 11 is 10.3. The quantitative estimate of drug-likeness (QED) is 0.920. The van der Waals surface area contributed by atoms with Gasteiger partial charge in [-0.1, -0.05) is 11.6 Å². The van der Waals surface area contributed by atoms with Gasteiger partial charge < -0.3 is 10.1 Å². The van der Waals surface area contributed by atoms with Crippen LogP contribution in [-0.4, -0.2) is 35.7 Å². The van der Waals surface area contributed by atoms with Gasteiger partial charge >= 0.3 is 0 Å². The summed E-state index contributed by atoms with van der Waals surface area (Å²) < 4.78 is 5.72. The fourth-order valence-corrected chi connectivity index (χ4v) is 5.41. The third kappa shape index (κ3) is 3.54. The highest BCUT2D eigenvalue weighted by atomic mass is 35.5. The van der Waals surface area contributed by atoms with E-state index >= 15 is 0 Å². The second kappa shape index (κ2) is 6.61. The summed E-state index contributed by atoms with van der Waals surface area (Å²) in [6, 6.07) is 4.06. The molecule has 3 rings (SSSR count). The minimum atomic E-state index is 0.743. The van der Waals surface area contributed by atoms with E-state index in [4.69, 9.17) is 16.3 Å². The molecule has 1 unspecified atom stereocenters. The van der Waals surface area contributed by atoms with E-state index in [0.717, 1.165) is 42.1 Å². The Morgan fingerprint density at radius 2 is 2.32 bits per heavy atom. The summed E-state index contributed by atoms with van der Waals surface area (Å²) in [5, 5.41) is 5.12. The SMILES string of the molecule is Clc1cc2c(c(CNCC3CSCCS3)c1)OCC2. The highest BCUT2D eigenvalue weighted by molar-refractivity contribution is 8.06. The van der Waals surface area contributed by atoms with Crippen molar-refractivity contribution in [3.8, 4) is 5.75 Å². The van der Waals surface area contributed by atoms with E-state index in [-0.39, 0.29) is 0 Å². The average Bonchev–Trinajstić information content (AvgIpc) is 2.88. The van der Waals surface area contributed by atoms with E-state index in [9.17, 15) is 0 Å². The third-order valence-corrected chi connectivity index (χ3v) is 6.46. The van der Waals surface area contributed by atoms with Gasteiger partial charge in [0.05, 0.1) is 6.61 Å². The molecule has 1 fully saturated rings. The maximum atomic E-state index is 6.17. The number of halogens is 1. The monoisotopic (exact) mass is 315 g/mol. The molecule has 19 heavy (non-hydrogen) atoms. The van der Waals surface area contributed by atoms with Crippen molar-refractivity contribution in [3.63, 3.8) is 0 Å². The molecule has 1 aromatic carbocycles. The van der Waals surface area contributed by atoms with Gasteiger partial charge in [0.25, 0.3) is 0 Å². The Morgan fingerprint density at radius 3 is 3.16 bits per heavy atom. The molecule has 0 aromatic heterocycles. The minimum Gasteiger partial charge on any atom is -0.493 e. The minimum absolute atomic E-state index is 0.743. The number of hydrogen-bond donors (Lipinski definition) is 1. The smallest absolute Gasteiger partial charge is 0.127 e. The fourth-order valence-electron chi connectivity index (χ4n) is 2.50. The lowest BCUT2D eigenvalue weighted by Gasteiger charge is -2.21. The number of hydrogen-bond acceptors (Lipinski definition) is 4. The normalized spacial score (nSPS) is 22.1. The van der Waals surface area contributed by atoms with Crippen molar-refractivity contribution in [2.24, 2.45) is 0 Å². The van der Waals surface area contributed by atoms with Gasteiger partial charge in [-0.25, -0.2) is 0 Å². The van der Waals surface area contributed by atoms with Gasteiger partial charge in [-0.05, 0) is 17.7 Å². The van der Waals surface area contributed by atoms with Gasteiger partial charge in [0.15, 0.2) is 0 Å². The zero-order valence-corrected chi connectivity index (χ0v) is 13.2. The molecule has 1 N–H and O–H groups in total. The number of rotatable bonds is 4. The summed E-state index contributed by atoms with van der Waals surface area (Å²) in [6.45, 7) is 2.71. The first-order valence-corrected chi connectivity index (χ1v) is 9.25. The number of nitrogens with one attached hydrogen (secondary N) is 1. The van der Waals surface area contributed by atoms with E-state index in [1.807, 2.05) is 12.1 Å². The summed E-state index contributed by atoms with van der Waals surface area (Å²) in [6.07, 6.45) is 0.984. The van der Waals surface area contributed by atoms with E-state index in [1.165, 1.54) is 28.4 Å². The molecule has 0 radical (unpaired) electrons. The molecule has 1 atom stereocenters. The Morgan fingerprint density at radius 1 is 1.37 bits per heavy atom. The van der Waals surface area contributed by atoms with Gasteiger partial charge in [-0.3, -0.25) is 0 Å². The molecule has 2 aliphatic heterocycles. The first kappa shape index (κ1) is 13.9. The van der Waals surface area contributed by atoms with Gasteiger partial charge in [-0.2, -0.15) is 23.5 Å². The Balaban J connectivity index is 1.57. The van der Waals surface area contributed by atoms with Crippen molar-refractivity contribution in [2.45, 2.75) is 18.2 Å². The topological polar surface area (TPSA) is 21.3 Å². The molecular weight excluding hydrogens is 298 g/mol. The molecule has 1 aromatic rings. The average molecular weight is 316 g/mol. The Hall–Kier alpha value is -0.0300. The maximum absolute atomic E-state index is 6.17. The lowest BCUT2D eigenvalue weighted by Crippen LogP contribution is -2.28. The number of fused-ring (bicyclic) bond motifs is 1. The molecule has 1 saturated heterocycles. The maximum Gasteiger partial charge on any atom is 0.127 e. The lowest BCUT2D eigenvalue weighted by atomic mass is 10.1. The van der Waals surface area contributed by atoms with Crippen LogP contribution in [0.2, 0.25) is 5.02 Å². The zero-order valence-electron chi connectivity index (χ0n) is 10.8. The van der Waals surface area contributed by atoms with E-state index in [2.05, 4.69) is 28.8 Å². The molecule has 2 heterocycles. The van der Waals surface area contributed by atoms with Crippen LogP contribution in [0.15, 0.2) is 12.1 Å². The second-order valence-corrected chi connectivity index (χ2v) is 7.84. The Kier molecular flexibility index (Phi) is 4.85. The second-order valence-electron chi connectivity index (χ2n) is 4.85. The largest absolute Gasteiger partial charge is 0.493 e. The van der Waals surface area contributed by atoms with Crippen LogP contribution in [0, 0.1) is 0 Å². The summed E-state index contributed by atoms with van der Waals surface area (Å²) in [5.74, 6) is 4.91. The first-order valence-electron chi connectivity index (χ1n) is 6.67. The van der Waals surface area contributed by atoms with Crippen LogP contribution in [0.4, 0.5) is 0 Å². The fraction of sp³-hybridized carbons (Fsp3) is 0.571. The molecule has 104 valence electrons. The summed E-state index contributed by atoms with van der Waals surface area (Å²) in [4.78, 5) is 0. The number of benzene rings is 1. The van der Waals surface area contributed by atoms with Crippen LogP contribution in [0.1, 0.15) is 11.1 Å². The van der Waals surface area contributed by atoms with Crippen LogP contribution < -0.4 is 10.1 Å². The van der Waals surface area contributed by atoms with Crippen LogP contribution in [0.5, 0.6) is 5.75 Å². The predicted molar refractivity (Wildman–Crippen MR) is 85.9 cm³/mol. The van der Waals surface area contributed by atoms with E-state index in [0.29, 0.717) is 0 Å². The zero-order chi connectivity index (χ0) is 13.1. The standard InChI is InChI=1S/C14H18ClNOS2/c15-12-5-10-1-2-17-14(10)11(6-12)7-16-8-13-9-18-3-4-19-13/h5-6,13,16H,1-4,7-9H2. The molecule has 0 aliphatic carbocycles. The highest BCUT2D eigenvalue weighted by Gasteiger charge is 2.18.